The molecule has 0 bridgehead atoms. The zero-order valence-corrected chi connectivity index (χ0v) is 17.0. The monoisotopic (exact) mass is 480 g/mol. The molecule has 0 saturated carbocycles. The van der Waals surface area contributed by atoms with E-state index in [1.807, 2.05) is 12.2 Å². The molecule has 1 aliphatic heterocycles. The molecule has 0 radical (unpaired) electrons. The van der Waals surface area contributed by atoms with Gasteiger partial charge in [0.15, 0.2) is 5.78 Å². The highest BCUT2D eigenvalue weighted by Gasteiger charge is 2.21. The number of ketones is 1. The van der Waals surface area contributed by atoms with Crippen LogP contribution < -0.4 is 0 Å². The third-order valence-corrected chi connectivity index (χ3v) is 6.02. The van der Waals surface area contributed by atoms with Crippen LogP contribution in [0.1, 0.15) is 11.1 Å². The fraction of sp³-hybridized carbons (Fsp3) is 0.105. The number of aromatic hydroxyl groups is 2. The van der Waals surface area contributed by atoms with E-state index < -0.39 is 0 Å². The Morgan fingerprint density at radius 2 is 1.28 bits per heavy atom. The van der Waals surface area contributed by atoms with Crippen LogP contribution in [0.3, 0.4) is 0 Å². The average Bonchev–Trinajstić information content (AvgIpc) is 2.58. The molecule has 128 valence electrons. The van der Waals surface area contributed by atoms with Crippen molar-refractivity contribution in [1.29, 1.82) is 0 Å². The van der Waals surface area contributed by atoms with Crippen LogP contribution in [0.15, 0.2) is 56.5 Å². The largest absolute Gasteiger partial charge is 0.507 e. The number of Topliss-reactive ketones (excluding diaryl/α,β-unsaturated/α-hetero) is 1. The fourth-order valence-electron chi connectivity index (χ4n) is 2.45. The summed E-state index contributed by atoms with van der Waals surface area (Å²) < 4.78 is 1.20. The van der Waals surface area contributed by atoms with Gasteiger partial charge in [-0.25, -0.2) is 0 Å². The number of carbonyl (C=O) groups excluding carboxylic acids is 1. The van der Waals surface area contributed by atoms with Crippen molar-refractivity contribution in [2.75, 3.05) is 11.5 Å². The summed E-state index contributed by atoms with van der Waals surface area (Å²) in [6.07, 6.45) is 3.72. The van der Waals surface area contributed by atoms with Crippen molar-refractivity contribution in [1.82, 2.24) is 0 Å². The lowest BCUT2D eigenvalue weighted by atomic mass is 10.0. The van der Waals surface area contributed by atoms with Crippen LogP contribution in [-0.2, 0) is 4.79 Å². The van der Waals surface area contributed by atoms with Crippen molar-refractivity contribution in [3.05, 3.63) is 67.6 Å². The summed E-state index contributed by atoms with van der Waals surface area (Å²) in [4.78, 5) is 12.8. The Bertz CT molecular complexity index is 832. The number of hydrogen-bond donors (Lipinski definition) is 2. The van der Waals surface area contributed by atoms with Crippen LogP contribution >= 0.6 is 43.6 Å². The molecule has 0 aliphatic carbocycles. The smallest absolute Gasteiger partial charge is 0.186 e. The van der Waals surface area contributed by atoms with Crippen molar-refractivity contribution in [2.24, 2.45) is 0 Å². The van der Waals surface area contributed by atoms with E-state index in [0.29, 0.717) is 20.5 Å². The molecule has 2 aromatic rings. The van der Waals surface area contributed by atoms with Crippen LogP contribution in [0, 0.1) is 0 Å². The fourth-order valence-corrected chi connectivity index (χ4v) is 4.21. The Morgan fingerprint density at radius 1 is 0.840 bits per heavy atom. The van der Waals surface area contributed by atoms with Gasteiger partial charge in [-0.3, -0.25) is 4.79 Å². The molecule has 2 aromatic carbocycles. The second kappa shape index (κ2) is 7.81. The molecule has 1 saturated heterocycles. The van der Waals surface area contributed by atoms with Gasteiger partial charge >= 0.3 is 0 Å². The molecule has 0 aromatic heterocycles. The Labute approximate surface area is 166 Å². The SMILES string of the molecule is O=C1/C(=C/c2ccc(O)c(Br)c2)CSC/C1=C\c1ccc(O)c(Br)c1. The average molecular weight is 482 g/mol. The predicted molar refractivity (Wildman–Crippen MR) is 110 cm³/mol. The summed E-state index contributed by atoms with van der Waals surface area (Å²) in [5.41, 5.74) is 3.19. The first-order valence-corrected chi connectivity index (χ1v) is 10.2. The van der Waals surface area contributed by atoms with Crippen molar-refractivity contribution < 1.29 is 15.0 Å². The van der Waals surface area contributed by atoms with Crippen LogP contribution in [0.5, 0.6) is 11.5 Å². The van der Waals surface area contributed by atoms with Crippen molar-refractivity contribution >= 4 is 61.6 Å². The van der Waals surface area contributed by atoms with Gasteiger partial charge in [0, 0.05) is 22.7 Å². The summed E-state index contributed by atoms with van der Waals surface area (Å²) in [6.45, 7) is 0. The summed E-state index contributed by atoms with van der Waals surface area (Å²) in [7, 11) is 0. The first-order valence-electron chi connectivity index (χ1n) is 7.44. The topological polar surface area (TPSA) is 57.5 Å². The molecule has 6 heteroatoms. The van der Waals surface area contributed by atoms with E-state index in [2.05, 4.69) is 31.9 Å². The first-order chi connectivity index (χ1) is 11.9. The van der Waals surface area contributed by atoms with Gasteiger partial charge in [-0.15, -0.1) is 0 Å². The molecule has 0 unspecified atom stereocenters. The molecule has 1 aliphatic rings. The number of halogens is 2. The summed E-state index contributed by atoms with van der Waals surface area (Å²) in [5.74, 6) is 1.70. The normalized spacial score (nSPS) is 18.1. The van der Waals surface area contributed by atoms with Gasteiger partial charge in [-0.2, -0.15) is 11.8 Å². The number of carbonyl (C=O) groups is 1. The zero-order valence-electron chi connectivity index (χ0n) is 13.0. The van der Waals surface area contributed by atoms with Gasteiger partial charge in [-0.05, 0) is 79.4 Å². The standard InChI is InChI=1S/C19H14Br2O3S/c20-15-7-11(1-3-17(15)22)5-13-9-25-10-14(19(13)24)6-12-2-4-18(23)16(21)8-12/h1-8,22-23H,9-10H2/b13-5+,14-6+. The molecule has 1 heterocycles. The number of phenols is 2. The van der Waals surface area contributed by atoms with Crippen LogP contribution in [0.4, 0.5) is 0 Å². The van der Waals surface area contributed by atoms with E-state index >= 15 is 0 Å². The first kappa shape index (κ1) is 18.3. The summed E-state index contributed by atoms with van der Waals surface area (Å²) in [6, 6.07) is 10.3. The lowest BCUT2D eigenvalue weighted by Crippen LogP contribution is -2.16. The predicted octanol–water partition coefficient (Wildman–Crippen LogP) is 5.41. The minimum absolute atomic E-state index is 0.0344. The van der Waals surface area contributed by atoms with Gasteiger partial charge in [0.2, 0.25) is 0 Å². The molecule has 3 nitrogen and oxygen atoms in total. The number of benzene rings is 2. The Hall–Kier alpha value is -1.50. The maximum absolute atomic E-state index is 12.8. The van der Waals surface area contributed by atoms with Crippen LogP contribution in [-0.4, -0.2) is 27.5 Å². The molecule has 0 spiro atoms. The minimum Gasteiger partial charge on any atom is -0.507 e. The van der Waals surface area contributed by atoms with Gasteiger partial charge in [0.25, 0.3) is 0 Å². The zero-order chi connectivity index (χ0) is 18.0. The van der Waals surface area contributed by atoms with E-state index in [0.717, 1.165) is 22.3 Å². The molecule has 25 heavy (non-hydrogen) atoms. The summed E-state index contributed by atoms with van der Waals surface area (Å²) in [5, 5.41) is 19.2. The van der Waals surface area contributed by atoms with Crippen LogP contribution in [0.25, 0.3) is 12.2 Å². The minimum atomic E-state index is 0.0344. The highest BCUT2D eigenvalue weighted by molar-refractivity contribution is 9.10. The van der Waals surface area contributed by atoms with Crippen LogP contribution in [0.2, 0.25) is 0 Å². The molecule has 2 N–H and O–H groups in total. The van der Waals surface area contributed by atoms with Crippen molar-refractivity contribution in [3.63, 3.8) is 0 Å². The third-order valence-electron chi connectivity index (χ3n) is 3.72. The second-order valence-electron chi connectivity index (χ2n) is 5.58. The molecular formula is C19H14Br2O3S. The molecule has 1 fully saturated rings. The summed E-state index contributed by atoms with van der Waals surface area (Å²) >= 11 is 8.27. The van der Waals surface area contributed by atoms with Gasteiger partial charge in [0.1, 0.15) is 11.5 Å². The highest BCUT2D eigenvalue weighted by atomic mass is 79.9. The highest BCUT2D eigenvalue weighted by Crippen LogP contribution is 2.31. The lowest BCUT2D eigenvalue weighted by Gasteiger charge is -2.16. The Kier molecular flexibility index (Phi) is 5.71. The Morgan fingerprint density at radius 3 is 1.68 bits per heavy atom. The Balaban J connectivity index is 1.89. The van der Waals surface area contributed by atoms with E-state index in [1.165, 1.54) is 0 Å². The van der Waals surface area contributed by atoms with E-state index in [-0.39, 0.29) is 17.3 Å². The molecular weight excluding hydrogens is 468 g/mol. The number of thioether (sulfide) groups is 1. The lowest BCUT2D eigenvalue weighted by molar-refractivity contribution is -0.112. The number of phenolic OH excluding ortho intramolecular Hbond substituents is 2. The van der Waals surface area contributed by atoms with Gasteiger partial charge < -0.3 is 10.2 Å². The number of rotatable bonds is 2. The third kappa shape index (κ3) is 4.37. The quantitative estimate of drug-likeness (QED) is 0.563. The maximum atomic E-state index is 12.8. The molecule has 0 atom stereocenters. The van der Waals surface area contributed by atoms with E-state index in [1.54, 1.807) is 48.2 Å². The van der Waals surface area contributed by atoms with Gasteiger partial charge in [-0.1, -0.05) is 12.1 Å². The van der Waals surface area contributed by atoms with E-state index in [4.69, 9.17) is 0 Å². The van der Waals surface area contributed by atoms with Gasteiger partial charge in [0.05, 0.1) is 8.95 Å². The van der Waals surface area contributed by atoms with Crippen molar-refractivity contribution in [2.45, 2.75) is 0 Å². The maximum Gasteiger partial charge on any atom is 0.186 e. The number of hydrogen-bond acceptors (Lipinski definition) is 4. The van der Waals surface area contributed by atoms with E-state index in [9.17, 15) is 15.0 Å². The molecule has 0 amide bonds. The molecule has 3 rings (SSSR count). The van der Waals surface area contributed by atoms with Crippen molar-refractivity contribution in [3.8, 4) is 11.5 Å². The second-order valence-corrected chi connectivity index (χ2v) is 8.28.